The zero-order valence-corrected chi connectivity index (χ0v) is 12.0. The van der Waals surface area contributed by atoms with E-state index in [2.05, 4.69) is 11.9 Å². The summed E-state index contributed by atoms with van der Waals surface area (Å²) >= 11 is 0. The molecule has 0 bridgehead atoms. The highest BCUT2D eigenvalue weighted by Gasteiger charge is 2.22. The van der Waals surface area contributed by atoms with Crippen LogP contribution in [0.4, 0.5) is 5.69 Å². The summed E-state index contributed by atoms with van der Waals surface area (Å²) in [4.78, 5) is 4.20. The van der Waals surface area contributed by atoms with Gasteiger partial charge in [0, 0.05) is 28.9 Å². The molecule has 1 aliphatic carbocycles. The Labute approximate surface area is 120 Å². The van der Waals surface area contributed by atoms with Gasteiger partial charge in [-0.25, -0.2) is 0 Å². The summed E-state index contributed by atoms with van der Waals surface area (Å²) in [6.07, 6.45) is 10.2. The van der Waals surface area contributed by atoms with Crippen LogP contribution in [0.2, 0.25) is 0 Å². The molecule has 0 saturated heterocycles. The van der Waals surface area contributed by atoms with Crippen molar-refractivity contribution in [3.05, 3.63) is 30.6 Å². The molecule has 3 rings (SSSR count). The molecule has 0 aliphatic heterocycles. The average molecular weight is 270 g/mol. The quantitative estimate of drug-likeness (QED) is 0.852. The van der Waals surface area contributed by atoms with Crippen LogP contribution in [0.5, 0.6) is 5.75 Å². The number of nitrogen functional groups attached to an aromatic ring is 1. The van der Waals surface area contributed by atoms with Gasteiger partial charge in [-0.3, -0.25) is 4.98 Å². The van der Waals surface area contributed by atoms with E-state index in [1.807, 2.05) is 24.4 Å². The summed E-state index contributed by atoms with van der Waals surface area (Å²) < 4.78 is 6.26. The molecule has 2 unspecified atom stereocenters. The van der Waals surface area contributed by atoms with Gasteiger partial charge in [0.05, 0.1) is 6.10 Å². The molecule has 2 N–H and O–H groups in total. The Morgan fingerprint density at radius 2 is 2.15 bits per heavy atom. The SMILES string of the molecule is CCC1CCCC(Oc2ccc(N)c3ccncc23)C1. The van der Waals surface area contributed by atoms with Crippen molar-refractivity contribution in [3.8, 4) is 5.75 Å². The van der Waals surface area contributed by atoms with Crippen LogP contribution >= 0.6 is 0 Å². The number of nitrogens with two attached hydrogens (primary N) is 1. The molecular weight excluding hydrogens is 248 g/mol. The molecule has 3 heteroatoms. The van der Waals surface area contributed by atoms with E-state index in [0.29, 0.717) is 6.10 Å². The fourth-order valence-corrected chi connectivity index (χ4v) is 3.19. The lowest BCUT2D eigenvalue weighted by atomic mass is 9.85. The summed E-state index contributed by atoms with van der Waals surface area (Å²) in [6, 6.07) is 5.86. The van der Waals surface area contributed by atoms with Gasteiger partial charge in [0.25, 0.3) is 0 Å². The summed E-state index contributed by atoms with van der Waals surface area (Å²) in [5, 5.41) is 2.05. The minimum Gasteiger partial charge on any atom is -0.490 e. The minimum absolute atomic E-state index is 0.334. The third kappa shape index (κ3) is 2.58. The van der Waals surface area contributed by atoms with Crippen molar-refractivity contribution in [1.29, 1.82) is 0 Å². The molecular formula is C17H22N2O. The van der Waals surface area contributed by atoms with Crippen molar-refractivity contribution in [3.63, 3.8) is 0 Å². The maximum Gasteiger partial charge on any atom is 0.129 e. The van der Waals surface area contributed by atoms with Crippen molar-refractivity contribution < 1.29 is 4.74 Å². The molecule has 3 nitrogen and oxygen atoms in total. The van der Waals surface area contributed by atoms with E-state index < -0.39 is 0 Å². The van der Waals surface area contributed by atoms with E-state index in [9.17, 15) is 0 Å². The first-order valence-corrected chi connectivity index (χ1v) is 7.56. The highest BCUT2D eigenvalue weighted by molar-refractivity contribution is 5.96. The van der Waals surface area contributed by atoms with Gasteiger partial charge >= 0.3 is 0 Å². The Morgan fingerprint density at radius 3 is 3.00 bits per heavy atom. The summed E-state index contributed by atoms with van der Waals surface area (Å²) in [7, 11) is 0. The number of rotatable bonds is 3. The molecule has 0 radical (unpaired) electrons. The molecule has 106 valence electrons. The Hall–Kier alpha value is -1.77. The molecule has 0 amide bonds. The smallest absolute Gasteiger partial charge is 0.129 e. The highest BCUT2D eigenvalue weighted by atomic mass is 16.5. The molecule has 0 spiro atoms. The van der Waals surface area contributed by atoms with Gasteiger partial charge in [-0.1, -0.05) is 19.8 Å². The Morgan fingerprint density at radius 1 is 1.25 bits per heavy atom. The maximum atomic E-state index is 6.26. The van der Waals surface area contributed by atoms with Crippen LogP contribution in [-0.4, -0.2) is 11.1 Å². The van der Waals surface area contributed by atoms with Crippen molar-refractivity contribution in [1.82, 2.24) is 4.98 Å². The van der Waals surface area contributed by atoms with Gasteiger partial charge in [-0.05, 0) is 43.4 Å². The van der Waals surface area contributed by atoms with Crippen molar-refractivity contribution in [2.75, 3.05) is 5.73 Å². The summed E-state index contributed by atoms with van der Waals surface area (Å²) in [5.41, 5.74) is 6.80. The fourth-order valence-electron chi connectivity index (χ4n) is 3.19. The standard InChI is InChI=1S/C17H22N2O/c1-2-12-4-3-5-13(10-12)20-17-7-6-16(18)14-8-9-19-11-15(14)17/h6-9,11-13H,2-5,10,18H2,1H3. The number of pyridine rings is 1. The molecule has 1 fully saturated rings. The van der Waals surface area contributed by atoms with Gasteiger partial charge in [0.15, 0.2) is 0 Å². The lowest BCUT2D eigenvalue weighted by Gasteiger charge is -2.29. The molecule has 1 heterocycles. The zero-order chi connectivity index (χ0) is 13.9. The number of hydrogen-bond donors (Lipinski definition) is 1. The Balaban J connectivity index is 1.86. The lowest BCUT2D eigenvalue weighted by molar-refractivity contribution is 0.123. The number of hydrogen-bond acceptors (Lipinski definition) is 3. The monoisotopic (exact) mass is 270 g/mol. The van der Waals surface area contributed by atoms with Crippen molar-refractivity contribution >= 4 is 16.5 Å². The van der Waals surface area contributed by atoms with Crippen molar-refractivity contribution in [2.24, 2.45) is 5.92 Å². The lowest BCUT2D eigenvalue weighted by Crippen LogP contribution is -2.25. The molecule has 20 heavy (non-hydrogen) atoms. The van der Waals surface area contributed by atoms with Crippen LogP contribution in [0.15, 0.2) is 30.6 Å². The second-order valence-electron chi connectivity index (χ2n) is 5.75. The molecule has 1 aromatic carbocycles. The number of benzene rings is 1. The van der Waals surface area contributed by atoms with Gasteiger partial charge in [0.1, 0.15) is 5.75 Å². The molecule has 1 aliphatic rings. The average Bonchev–Trinajstić information content (AvgIpc) is 2.51. The van der Waals surface area contributed by atoms with Crippen LogP contribution < -0.4 is 10.5 Å². The fraction of sp³-hybridized carbons (Fsp3) is 0.471. The first-order valence-electron chi connectivity index (χ1n) is 7.56. The van der Waals surface area contributed by atoms with Gasteiger partial charge < -0.3 is 10.5 Å². The third-order valence-electron chi connectivity index (χ3n) is 4.42. The number of aromatic nitrogens is 1. The van der Waals surface area contributed by atoms with Gasteiger partial charge in [-0.2, -0.15) is 0 Å². The molecule has 2 atom stereocenters. The van der Waals surface area contributed by atoms with Crippen LogP contribution in [-0.2, 0) is 0 Å². The Bertz CT molecular complexity index is 597. The first-order chi connectivity index (χ1) is 9.78. The minimum atomic E-state index is 0.334. The van der Waals surface area contributed by atoms with E-state index in [1.54, 1.807) is 6.20 Å². The number of anilines is 1. The normalized spacial score (nSPS) is 22.9. The second-order valence-corrected chi connectivity index (χ2v) is 5.75. The van der Waals surface area contributed by atoms with E-state index in [0.717, 1.165) is 34.5 Å². The van der Waals surface area contributed by atoms with Crippen LogP contribution in [0, 0.1) is 5.92 Å². The van der Waals surface area contributed by atoms with E-state index in [-0.39, 0.29) is 0 Å². The van der Waals surface area contributed by atoms with E-state index in [4.69, 9.17) is 10.5 Å². The molecule has 1 saturated carbocycles. The summed E-state index contributed by atoms with van der Waals surface area (Å²) in [5.74, 6) is 1.73. The largest absolute Gasteiger partial charge is 0.490 e. The first kappa shape index (κ1) is 13.2. The number of nitrogens with zero attached hydrogens (tertiary/aromatic N) is 1. The molecule has 1 aromatic heterocycles. The van der Waals surface area contributed by atoms with Gasteiger partial charge in [-0.15, -0.1) is 0 Å². The predicted octanol–water partition coefficient (Wildman–Crippen LogP) is 4.16. The predicted molar refractivity (Wildman–Crippen MR) is 82.8 cm³/mol. The summed E-state index contributed by atoms with van der Waals surface area (Å²) in [6.45, 7) is 2.27. The molecule has 2 aromatic rings. The Kier molecular flexibility index (Phi) is 3.77. The maximum absolute atomic E-state index is 6.26. The third-order valence-corrected chi connectivity index (χ3v) is 4.42. The van der Waals surface area contributed by atoms with Crippen LogP contribution in [0.3, 0.4) is 0 Å². The van der Waals surface area contributed by atoms with Crippen LogP contribution in [0.25, 0.3) is 10.8 Å². The number of fused-ring (bicyclic) bond motifs is 1. The number of ether oxygens (including phenoxy) is 1. The second kappa shape index (κ2) is 5.70. The van der Waals surface area contributed by atoms with E-state index >= 15 is 0 Å². The zero-order valence-electron chi connectivity index (χ0n) is 12.0. The van der Waals surface area contributed by atoms with Crippen LogP contribution in [0.1, 0.15) is 39.0 Å². The highest BCUT2D eigenvalue weighted by Crippen LogP contribution is 2.34. The van der Waals surface area contributed by atoms with Gasteiger partial charge in [0.2, 0.25) is 0 Å². The topological polar surface area (TPSA) is 48.1 Å². The van der Waals surface area contributed by atoms with Crippen molar-refractivity contribution in [2.45, 2.75) is 45.1 Å². The van der Waals surface area contributed by atoms with E-state index in [1.165, 1.54) is 25.7 Å².